The molecule has 4 N–H and O–H groups in total. The number of Topliss-reactive ketones (excluding diaryl/α,β-unsaturated/α-hetero) is 1. The Labute approximate surface area is 404 Å². The standard InChI is InChI=1S/C51H60FN9O7S/c1-25(2)17-41-53-24-40(69-41)49-61-36-15-14-28(34-22-54-46(56-34)32-12-9-11-31(32)45(62)43(26(3)4)58-50(64)66-7)18-30(36)20-38(61)42-33(52)19-29(21-39(42)68-49)35-23-55-47(57-35)37-13-10-16-60(37)48(63)44(27(5)6)59-51(65)67-8/h14-15,18-27,31-32,37,43-44,49H,9-13,16-17H2,1-8H3,(H,54,56)(H,55,57)(H,58,64)(H,59,65)/t31?,32-,37+,43+,44+,49?/m1/s1. The van der Waals surface area contributed by atoms with Gasteiger partial charge in [0.2, 0.25) is 12.1 Å². The van der Waals surface area contributed by atoms with Crippen molar-refractivity contribution in [3.8, 4) is 39.5 Å². The molecule has 9 rings (SSSR count). The number of likely N-dealkylation sites (tertiary alicyclic amines) is 1. The minimum atomic E-state index is -0.774. The second kappa shape index (κ2) is 19.4. The minimum absolute atomic E-state index is 0.0176. The summed E-state index contributed by atoms with van der Waals surface area (Å²) in [5, 5.41) is 7.29. The number of hydrogen-bond acceptors (Lipinski definition) is 11. The largest absolute Gasteiger partial charge is 0.464 e. The summed E-state index contributed by atoms with van der Waals surface area (Å²) in [7, 11) is 2.56. The number of amides is 3. The molecule has 6 aromatic rings. The highest BCUT2D eigenvalue weighted by molar-refractivity contribution is 7.11. The van der Waals surface area contributed by atoms with Crippen LogP contribution in [0.25, 0.3) is 44.7 Å². The third-order valence-electron chi connectivity index (χ3n) is 13.7. The van der Waals surface area contributed by atoms with Gasteiger partial charge < -0.3 is 39.7 Å². The second-order valence-electron chi connectivity index (χ2n) is 19.5. The van der Waals surface area contributed by atoms with Crippen molar-refractivity contribution in [3.63, 3.8) is 0 Å². The van der Waals surface area contributed by atoms with Gasteiger partial charge in [-0.05, 0) is 73.8 Å². The van der Waals surface area contributed by atoms with Crippen molar-refractivity contribution < 1.29 is 37.8 Å². The number of hydrogen-bond donors (Lipinski definition) is 4. The van der Waals surface area contributed by atoms with Crippen molar-refractivity contribution in [2.75, 3.05) is 20.8 Å². The molecule has 69 heavy (non-hydrogen) atoms. The molecule has 3 amide bonds. The van der Waals surface area contributed by atoms with E-state index in [1.807, 2.05) is 62.7 Å². The molecular weight excluding hydrogens is 902 g/mol. The zero-order valence-electron chi connectivity index (χ0n) is 40.2. The molecule has 16 nitrogen and oxygen atoms in total. The maximum atomic E-state index is 16.9. The number of carbonyl (C=O) groups is 4. The highest BCUT2D eigenvalue weighted by Gasteiger charge is 2.41. The first kappa shape index (κ1) is 47.5. The number of carbonyl (C=O) groups excluding carboxylic acids is 4. The number of thiazole rings is 1. The Balaban J connectivity index is 1.04. The Hall–Kier alpha value is -6.56. The first-order valence-corrected chi connectivity index (χ1v) is 24.7. The lowest BCUT2D eigenvalue weighted by atomic mass is 9.84. The predicted octanol–water partition coefficient (Wildman–Crippen LogP) is 9.70. The predicted molar refractivity (Wildman–Crippen MR) is 259 cm³/mol. The van der Waals surface area contributed by atoms with Crippen LogP contribution in [-0.2, 0) is 25.5 Å². The van der Waals surface area contributed by atoms with E-state index in [0.717, 1.165) is 63.6 Å². The number of H-pyrrole nitrogens is 2. The molecule has 2 fully saturated rings. The number of rotatable bonds is 14. The zero-order valence-corrected chi connectivity index (χ0v) is 41.0. The van der Waals surface area contributed by atoms with E-state index in [2.05, 4.69) is 40.5 Å². The van der Waals surface area contributed by atoms with Gasteiger partial charge >= 0.3 is 12.2 Å². The number of ketones is 1. The number of benzene rings is 2. The number of nitrogens with one attached hydrogen (secondary N) is 4. The number of ether oxygens (including phenoxy) is 3. The van der Waals surface area contributed by atoms with Gasteiger partial charge in [-0.3, -0.25) is 14.2 Å². The third-order valence-corrected chi connectivity index (χ3v) is 14.8. The van der Waals surface area contributed by atoms with Gasteiger partial charge in [-0.1, -0.05) is 54.0 Å². The molecule has 1 saturated heterocycles. The van der Waals surface area contributed by atoms with Crippen LogP contribution in [0.2, 0.25) is 0 Å². The van der Waals surface area contributed by atoms with Crippen LogP contribution in [0.3, 0.4) is 0 Å². The average Bonchev–Trinajstić information content (AvgIpc) is 4.19. The van der Waals surface area contributed by atoms with Crippen molar-refractivity contribution >= 4 is 46.1 Å². The summed E-state index contributed by atoms with van der Waals surface area (Å²) in [5.74, 6) is 0.630. The molecule has 0 radical (unpaired) electrons. The molecule has 6 heterocycles. The summed E-state index contributed by atoms with van der Waals surface area (Å²) in [6, 6.07) is 9.59. The lowest BCUT2D eigenvalue weighted by molar-refractivity contribution is -0.135. The summed E-state index contributed by atoms with van der Waals surface area (Å²) in [6.45, 7) is 12.4. The molecule has 0 spiro atoms. The van der Waals surface area contributed by atoms with Crippen molar-refractivity contribution in [1.29, 1.82) is 0 Å². The number of aromatic nitrogens is 6. The van der Waals surface area contributed by atoms with Crippen molar-refractivity contribution in [2.45, 2.75) is 110 Å². The van der Waals surface area contributed by atoms with Crippen LogP contribution in [0.4, 0.5) is 14.0 Å². The van der Waals surface area contributed by atoms with E-state index in [4.69, 9.17) is 29.2 Å². The smallest absolute Gasteiger partial charge is 0.407 e. The molecular formula is C51H60FN9O7S. The zero-order chi connectivity index (χ0) is 48.8. The van der Waals surface area contributed by atoms with Crippen molar-refractivity contribution in [3.05, 3.63) is 82.3 Å². The molecule has 18 heteroatoms. The van der Waals surface area contributed by atoms with Gasteiger partial charge in [0.15, 0.2) is 5.78 Å². The summed E-state index contributed by atoms with van der Waals surface area (Å²) in [5.41, 5.74) is 4.59. The molecule has 1 saturated carbocycles. The van der Waals surface area contributed by atoms with E-state index in [1.165, 1.54) is 20.3 Å². The van der Waals surface area contributed by atoms with E-state index in [9.17, 15) is 19.2 Å². The fourth-order valence-corrected chi connectivity index (χ4v) is 11.4. The lowest BCUT2D eigenvalue weighted by Crippen LogP contribution is -2.51. The molecule has 1 aliphatic carbocycles. The highest BCUT2D eigenvalue weighted by atomic mass is 32.1. The fourth-order valence-electron chi connectivity index (χ4n) is 10.3. The number of nitrogens with zero attached hydrogens (tertiary/aromatic N) is 5. The average molecular weight is 962 g/mol. The first-order chi connectivity index (χ1) is 33.1. The van der Waals surface area contributed by atoms with Gasteiger partial charge in [-0.15, -0.1) is 11.3 Å². The van der Waals surface area contributed by atoms with Crippen LogP contribution in [0.5, 0.6) is 5.75 Å². The van der Waals surface area contributed by atoms with Gasteiger partial charge in [0.05, 0.1) is 76.7 Å². The molecule has 2 unspecified atom stereocenters. The van der Waals surface area contributed by atoms with Crippen LogP contribution in [0, 0.1) is 29.5 Å². The van der Waals surface area contributed by atoms with Crippen molar-refractivity contribution in [2.24, 2.45) is 23.7 Å². The third kappa shape index (κ3) is 9.22. The Kier molecular flexibility index (Phi) is 13.4. The summed E-state index contributed by atoms with van der Waals surface area (Å²) >= 11 is 1.58. The molecule has 364 valence electrons. The van der Waals surface area contributed by atoms with Crippen LogP contribution in [-0.4, -0.2) is 91.1 Å². The van der Waals surface area contributed by atoms with Crippen LogP contribution in [0.15, 0.2) is 55.0 Å². The Bertz CT molecular complexity index is 2900. The van der Waals surface area contributed by atoms with Gasteiger partial charge in [0.25, 0.3) is 0 Å². The van der Waals surface area contributed by atoms with E-state index in [1.54, 1.807) is 28.6 Å². The maximum Gasteiger partial charge on any atom is 0.407 e. The van der Waals surface area contributed by atoms with Crippen LogP contribution in [0.1, 0.15) is 113 Å². The molecule has 0 bridgehead atoms. The molecule has 4 aromatic heterocycles. The van der Waals surface area contributed by atoms with Crippen LogP contribution < -0.4 is 15.4 Å². The molecule has 6 atom stereocenters. The monoisotopic (exact) mass is 961 g/mol. The first-order valence-electron chi connectivity index (χ1n) is 23.9. The van der Waals surface area contributed by atoms with Gasteiger partial charge in [-0.2, -0.15) is 0 Å². The van der Waals surface area contributed by atoms with Crippen molar-refractivity contribution in [1.82, 2.24) is 45.0 Å². The lowest BCUT2D eigenvalue weighted by Gasteiger charge is -2.30. The fraction of sp³-hybridized carbons (Fsp3) is 0.471. The number of methoxy groups -OCH3 is 2. The van der Waals surface area contributed by atoms with E-state index < -0.39 is 36.3 Å². The Morgan fingerprint density at radius 1 is 0.826 bits per heavy atom. The van der Waals surface area contributed by atoms with Gasteiger partial charge in [-0.25, -0.2) is 28.9 Å². The summed E-state index contributed by atoms with van der Waals surface area (Å²) < 4.78 is 35.5. The van der Waals surface area contributed by atoms with Gasteiger partial charge in [0.1, 0.15) is 29.3 Å². The number of fused-ring (bicyclic) bond motifs is 5. The Morgan fingerprint density at radius 3 is 2.23 bits per heavy atom. The summed E-state index contributed by atoms with van der Waals surface area (Å²) in [6.07, 6.45) is 7.96. The number of aromatic amines is 2. The molecule has 2 aliphatic heterocycles. The van der Waals surface area contributed by atoms with E-state index in [0.29, 0.717) is 59.4 Å². The normalized spacial score (nSPS) is 19.7. The van der Waals surface area contributed by atoms with E-state index in [-0.39, 0.29) is 41.4 Å². The van der Waals surface area contributed by atoms with Gasteiger partial charge in [0, 0.05) is 47.5 Å². The Morgan fingerprint density at radius 2 is 1.52 bits per heavy atom. The summed E-state index contributed by atoms with van der Waals surface area (Å²) in [4.78, 5) is 75.8. The topological polar surface area (TPSA) is 198 Å². The highest BCUT2D eigenvalue weighted by Crippen LogP contribution is 2.48. The SMILES string of the molecule is COC(=O)N[C@H](C(=O)C1CCC[C@H]1c1ncc(-c2ccc3c(c2)cc2n3C(c3cnc(CC(C)C)s3)Oc3cc(-c4cnc([C@@H]5CCCN5C(=O)[C@@H](NC(=O)OC)C(C)C)[nH]4)cc(F)c3-2)[nH]1)C(C)C. The number of imidazole rings is 2. The minimum Gasteiger partial charge on any atom is -0.464 e. The van der Waals surface area contributed by atoms with E-state index >= 15 is 4.39 Å². The number of alkyl carbamates (subject to hydrolysis) is 2. The molecule has 2 aromatic carbocycles. The quantitative estimate of drug-likeness (QED) is 0.0815. The second-order valence-corrected chi connectivity index (χ2v) is 20.7. The van der Waals surface area contributed by atoms with Crippen LogP contribution >= 0.6 is 11.3 Å². The maximum absolute atomic E-state index is 16.9. The number of halogens is 1. The molecule has 3 aliphatic rings.